The van der Waals surface area contributed by atoms with Crippen LogP contribution in [-0.2, 0) is 6.42 Å². The number of aryl methyl sites for hydroxylation is 1. The summed E-state index contributed by atoms with van der Waals surface area (Å²) >= 11 is 0. The van der Waals surface area contributed by atoms with Gasteiger partial charge in [-0.2, -0.15) is 0 Å². The number of aromatic nitrogens is 1. The molecule has 0 atom stereocenters. The molecule has 84 valence electrons. The molecule has 2 heteroatoms. The zero-order valence-corrected chi connectivity index (χ0v) is 9.68. The molecule has 0 aliphatic carbocycles. The smallest absolute Gasteiger partial charge is 0.199 e. The molecule has 0 amide bonds. The van der Waals surface area contributed by atoms with Gasteiger partial charge in [0.25, 0.3) is 0 Å². The standard InChI is InChI=1S/C15H13NO/c1-11-7-8-14-13(9-11)16-15(17-14)10-12-5-3-2-4-6-12/h2-9H,10H2,1H3. The van der Waals surface area contributed by atoms with Crippen LogP contribution in [0.1, 0.15) is 17.0 Å². The Hall–Kier alpha value is -2.09. The predicted molar refractivity (Wildman–Crippen MR) is 68.0 cm³/mol. The van der Waals surface area contributed by atoms with Gasteiger partial charge in [0.2, 0.25) is 0 Å². The second-order valence-corrected chi connectivity index (χ2v) is 4.24. The highest BCUT2D eigenvalue weighted by Crippen LogP contribution is 2.18. The van der Waals surface area contributed by atoms with Gasteiger partial charge in [-0.1, -0.05) is 36.4 Å². The molecule has 2 nitrogen and oxygen atoms in total. The van der Waals surface area contributed by atoms with Crippen LogP contribution in [0.5, 0.6) is 0 Å². The summed E-state index contributed by atoms with van der Waals surface area (Å²) in [6.45, 7) is 2.06. The maximum absolute atomic E-state index is 5.72. The Morgan fingerprint density at radius 3 is 2.71 bits per heavy atom. The lowest BCUT2D eigenvalue weighted by Crippen LogP contribution is -1.86. The van der Waals surface area contributed by atoms with Crippen LogP contribution in [0, 0.1) is 6.92 Å². The predicted octanol–water partition coefficient (Wildman–Crippen LogP) is 3.73. The molecule has 0 saturated heterocycles. The van der Waals surface area contributed by atoms with Gasteiger partial charge >= 0.3 is 0 Å². The molecule has 0 radical (unpaired) electrons. The lowest BCUT2D eigenvalue weighted by molar-refractivity contribution is 0.544. The van der Waals surface area contributed by atoms with Gasteiger partial charge in [-0.05, 0) is 30.2 Å². The van der Waals surface area contributed by atoms with Crippen molar-refractivity contribution < 1.29 is 4.42 Å². The fourth-order valence-corrected chi connectivity index (χ4v) is 1.93. The van der Waals surface area contributed by atoms with Gasteiger partial charge in [-0.25, -0.2) is 4.98 Å². The van der Waals surface area contributed by atoms with Gasteiger partial charge in [0.15, 0.2) is 11.5 Å². The van der Waals surface area contributed by atoms with Crippen LogP contribution in [0.2, 0.25) is 0 Å². The van der Waals surface area contributed by atoms with E-state index in [0.29, 0.717) is 0 Å². The van der Waals surface area contributed by atoms with E-state index in [1.165, 1.54) is 11.1 Å². The Morgan fingerprint density at radius 2 is 1.88 bits per heavy atom. The molecule has 3 rings (SSSR count). The van der Waals surface area contributed by atoms with E-state index >= 15 is 0 Å². The first-order chi connectivity index (χ1) is 8.31. The molecular formula is C15H13NO. The zero-order valence-electron chi connectivity index (χ0n) is 9.68. The van der Waals surface area contributed by atoms with E-state index in [9.17, 15) is 0 Å². The molecule has 0 aliphatic heterocycles. The highest BCUT2D eigenvalue weighted by atomic mass is 16.3. The Labute approximate surface area is 99.9 Å². The number of fused-ring (bicyclic) bond motifs is 1. The number of benzene rings is 2. The van der Waals surface area contributed by atoms with Gasteiger partial charge in [0.1, 0.15) is 5.52 Å². The van der Waals surface area contributed by atoms with Gasteiger partial charge in [0, 0.05) is 6.42 Å². The van der Waals surface area contributed by atoms with Crippen molar-refractivity contribution in [3.63, 3.8) is 0 Å². The summed E-state index contributed by atoms with van der Waals surface area (Å²) < 4.78 is 5.72. The van der Waals surface area contributed by atoms with Gasteiger partial charge < -0.3 is 4.42 Å². The lowest BCUT2D eigenvalue weighted by Gasteiger charge is -1.94. The van der Waals surface area contributed by atoms with E-state index < -0.39 is 0 Å². The number of hydrogen-bond acceptors (Lipinski definition) is 2. The Bertz CT molecular complexity index is 640. The summed E-state index contributed by atoms with van der Waals surface area (Å²) in [5, 5.41) is 0. The summed E-state index contributed by atoms with van der Waals surface area (Å²) in [6, 6.07) is 16.3. The molecule has 0 aliphatic rings. The molecule has 3 aromatic rings. The summed E-state index contributed by atoms with van der Waals surface area (Å²) in [5.41, 5.74) is 4.23. The molecule has 0 saturated carbocycles. The van der Waals surface area contributed by atoms with Gasteiger partial charge in [0.05, 0.1) is 0 Å². The van der Waals surface area contributed by atoms with Crippen LogP contribution < -0.4 is 0 Å². The average Bonchev–Trinajstić information content (AvgIpc) is 2.71. The van der Waals surface area contributed by atoms with Crippen LogP contribution >= 0.6 is 0 Å². The molecule has 1 aromatic heterocycles. The van der Waals surface area contributed by atoms with Crippen molar-refractivity contribution in [1.82, 2.24) is 4.98 Å². The van der Waals surface area contributed by atoms with E-state index in [4.69, 9.17) is 4.42 Å². The van der Waals surface area contributed by atoms with E-state index in [0.717, 1.165) is 23.4 Å². The molecule has 0 bridgehead atoms. The van der Waals surface area contributed by atoms with Crippen LogP contribution in [0.3, 0.4) is 0 Å². The molecule has 17 heavy (non-hydrogen) atoms. The first-order valence-corrected chi connectivity index (χ1v) is 5.71. The molecule has 1 heterocycles. The van der Waals surface area contributed by atoms with Gasteiger partial charge in [-0.15, -0.1) is 0 Å². The minimum Gasteiger partial charge on any atom is -0.440 e. The second-order valence-electron chi connectivity index (χ2n) is 4.24. The Kier molecular flexibility index (Phi) is 2.41. The monoisotopic (exact) mass is 223 g/mol. The third-order valence-electron chi connectivity index (χ3n) is 2.79. The summed E-state index contributed by atoms with van der Waals surface area (Å²) in [6.07, 6.45) is 0.745. The minimum absolute atomic E-state index is 0.745. The maximum Gasteiger partial charge on any atom is 0.199 e. The van der Waals surface area contributed by atoms with E-state index in [2.05, 4.69) is 24.0 Å². The fraction of sp³-hybridized carbons (Fsp3) is 0.133. The number of hydrogen-bond donors (Lipinski definition) is 0. The van der Waals surface area contributed by atoms with Crippen LogP contribution in [-0.4, -0.2) is 4.98 Å². The third kappa shape index (κ3) is 2.07. The van der Waals surface area contributed by atoms with Crippen molar-refractivity contribution >= 4 is 11.1 Å². The van der Waals surface area contributed by atoms with Crippen LogP contribution in [0.15, 0.2) is 52.9 Å². The normalized spacial score (nSPS) is 10.9. The largest absolute Gasteiger partial charge is 0.440 e. The van der Waals surface area contributed by atoms with Crippen molar-refractivity contribution in [3.05, 3.63) is 65.5 Å². The minimum atomic E-state index is 0.745. The van der Waals surface area contributed by atoms with Gasteiger partial charge in [-0.3, -0.25) is 0 Å². The van der Waals surface area contributed by atoms with E-state index in [1.54, 1.807) is 0 Å². The Morgan fingerprint density at radius 1 is 1.06 bits per heavy atom. The van der Waals surface area contributed by atoms with Crippen molar-refractivity contribution in [2.75, 3.05) is 0 Å². The van der Waals surface area contributed by atoms with Crippen LogP contribution in [0.25, 0.3) is 11.1 Å². The maximum atomic E-state index is 5.72. The Balaban J connectivity index is 1.96. The highest BCUT2D eigenvalue weighted by molar-refractivity contribution is 5.73. The third-order valence-corrected chi connectivity index (χ3v) is 2.79. The molecule has 0 fully saturated rings. The van der Waals surface area contributed by atoms with Crippen molar-refractivity contribution in [2.45, 2.75) is 13.3 Å². The van der Waals surface area contributed by atoms with Crippen LogP contribution in [0.4, 0.5) is 0 Å². The fourth-order valence-electron chi connectivity index (χ4n) is 1.93. The number of nitrogens with zero attached hydrogens (tertiary/aromatic N) is 1. The SMILES string of the molecule is Cc1ccc2oc(Cc3ccccc3)nc2c1. The molecule has 0 N–H and O–H groups in total. The first-order valence-electron chi connectivity index (χ1n) is 5.71. The van der Waals surface area contributed by atoms with Crippen molar-refractivity contribution in [1.29, 1.82) is 0 Å². The highest BCUT2D eigenvalue weighted by Gasteiger charge is 2.06. The number of rotatable bonds is 2. The second kappa shape index (κ2) is 4.06. The summed E-state index contributed by atoms with van der Waals surface area (Å²) in [7, 11) is 0. The molecule has 0 unspecified atom stereocenters. The van der Waals surface area contributed by atoms with E-state index in [-0.39, 0.29) is 0 Å². The quantitative estimate of drug-likeness (QED) is 0.661. The van der Waals surface area contributed by atoms with Crippen molar-refractivity contribution in [3.8, 4) is 0 Å². The summed E-state index contributed by atoms with van der Waals surface area (Å²) in [5.74, 6) is 0.775. The lowest BCUT2D eigenvalue weighted by atomic mass is 10.1. The zero-order chi connectivity index (χ0) is 11.7. The molecule has 2 aromatic carbocycles. The van der Waals surface area contributed by atoms with E-state index in [1.807, 2.05) is 36.4 Å². The molecular weight excluding hydrogens is 210 g/mol. The van der Waals surface area contributed by atoms with Crippen molar-refractivity contribution in [2.24, 2.45) is 0 Å². The average molecular weight is 223 g/mol. The summed E-state index contributed by atoms with van der Waals surface area (Å²) in [4.78, 5) is 4.50. The topological polar surface area (TPSA) is 26.0 Å². The number of oxazole rings is 1. The first kappa shape index (κ1) is 10.1. The molecule has 0 spiro atoms.